The van der Waals surface area contributed by atoms with Crippen molar-refractivity contribution in [2.45, 2.75) is 25.3 Å². The minimum Gasteiger partial charge on any atom is -0.497 e. The number of nitrogens with zero attached hydrogens (tertiary/aromatic N) is 1. The van der Waals surface area contributed by atoms with Crippen LogP contribution in [-0.2, 0) is 11.2 Å². The molecule has 0 saturated heterocycles. The van der Waals surface area contributed by atoms with Crippen molar-refractivity contribution in [3.05, 3.63) is 65.5 Å². The quantitative estimate of drug-likeness (QED) is 0.745. The van der Waals surface area contributed by atoms with Crippen LogP contribution in [-0.4, -0.2) is 38.6 Å². The third-order valence-corrected chi connectivity index (χ3v) is 4.40. The average Bonchev–Trinajstić information content (AvgIpc) is 2.64. The predicted molar refractivity (Wildman–Crippen MR) is 102 cm³/mol. The van der Waals surface area contributed by atoms with E-state index in [9.17, 15) is 9.18 Å². The Hall–Kier alpha value is -2.40. The van der Waals surface area contributed by atoms with E-state index in [4.69, 9.17) is 4.74 Å². The molecule has 0 heterocycles. The number of aryl methyl sites for hydroxylation is 1. The molecule has 140 valence electrons. The molecular weight excluding hydrogens is 331 g/mol. The smallest absolute Gasteiger partial charge is 0.220 e. The van der Waals surface area contributed by atoms with Crippen LogP contribution in [0.2, 0.25) is 0 Å². The van der Waals surface area contributed by atoms with E-state index in [2.05, 4.69) is 10.2 Å². The summed E-state index contributed by atoms with van der Waals surface area (Å²) < 4.78 is 18.1. The maximum Gasteiger partial charge on any atom is 0.220 e. The van der Waals surface area contributed by atoms with Crippen LogP contribution in [0.4, 0.5) is 4.39 Å². The minimum absolute atomic E-state index is 0.0347. The number of amides is 1. The Kier molecular flexibility index (Phi) is 7.60. The number of halogens is 1. The fourth-order valence-corrected chi connectivity index (χ4v) is 2.83. The van der Waals surface area contributed by atoms with Crippen LogP contribution < -0.4 is 10.1 Å². The van der Waals surface area contributed by atoms with E-state index in [1.807, 2.05) is 38.4 Å². The molecule has 5 heteroatoms. The van der Waals surface area contributed by atoms with Crippen molar-refractivity contribution in [1.82, 2.24) is 10.2 Å². The van der Waals surface area contributed by atoms with Gasteiger partial charge in [0.05, 0.1) is 13.2 Å². The molecule has 1 unspecified atom stereocenters. The van der Waals surface area contributed by atoms with E-state index >= 15 is 0 Å². The van der Waals surface area contributed by atoms with Crippen molar-refractivity contribution in [2.24, 2.45) is 0 Å². The highest BCUT2D eigenvalue weighted by molar-refractivity contribution is 5.75. The molecule has 0 aliphatic rings. The first kappa shape index (κ1) is 19.9. The zero-order valence-electron chi connectivity index (χ0n) is 15.7. The van der Waals surface area contributed by atoms with Crippen LogP contribution in [0.1, 0.15) is 30.0 Å². The second-order valence-electron chi connectivity index (χ2n) is 6.54. The molecule has 1 N–H and O–H groups in total. The van der Waals surface area contributed by atoms with E-state index < -0.39 is 0 Å². The number of rotatable bonds is 9. The summed E-state index contributed by atoms with van der Waals surface area (Å²) in [6.45, 7) is 0.550. The third-order valence-electron chi connectivity index (χ3n) is 4.40. The Morgan fingerprint density at radius 1 is 1.12 bits per heavy atom. The maximum absolute atomic E-state index is 12.9. The molecule has 1 atom stereocenters. The van der Waals surface area contributed by atoms with Crippen molar-refractivity contribution in [1.29, 1.82) is 0 Å². The van der Waals surface area contributed by atoms with E-state index in [1.165, 1.54) is 12.1 Å². The van der Waals surface area contributed by atoms with E-state index in [0.717, 1.165) is 29.7 Å². The van der Waals surface area contributed by atoms with Crippen LogP contribution in [0.25, 0.3) is 0 Å². The second kappa shape index (κ2) is 9.92. The fraction of sp³-hybridized carbons (Fsp3) is 0.381. The summed E-state index contributed by atoms with van der Waals surface area (Å²) in [5.41, 5.74) is 2.17. The summed E-state index contributed by atoms with van der Waals surface area (Å²) >= 11 is 0. The summed E-state index contributed by atoms with van der Waals surface area (Å²) in [5.74, 6) is 0.614. The molecule has 0 aromatic heterocycles. The van der Waals surface area contributed by atoms with Gasteiger partial charge < -0.3 is 15.0 Å². The first-order valence-corrected chi connectivity index (χ1v) is 8.81. The molecule has 0 radical (unpaired) electrons. The number of hydrogen-bond acceptors (Lipinski definition) is 3. The Balaban J connectivity index is 1.80. The summed E-state index contributed by atoms with van der Waals surface area (Å²) in [7, 11) is 5.63. The van der Waals surface area contributed by atoms with Crippen molar-refractivity contribution < 1.29 is 13.9 Å². The van der Waals surface area contributed by atoms with Gasteiger partial charge in [0.15, 0.2) is 0 Å². The highest BCUT2D eigenvalue weighted by Gasteiger charge is 2.15. The van der Waals surface area contributed by atoms with Gasteiger partial charge in [-0.3, -0.25) is 4.79 Å². The largest absolute Gasteiger partial charge is 0.497 e. The Morgan fingerprint density at radius 3 is 2.35 bits per heavy atom. The number of methoxy groups -OCH3 is 1. The Bertz CT molecular complexity index is 684. The van der Waals surface area contributed by atoms with Gasteiger partial charge in [-0.15, -0.1) is 0 Å². The van der Waals surface area contributed by atoms with Crippen LogP contribution in [0.15, 0.2) is 48.5 Å². The molecule has 2 rings (SSSR count). The SMILES string of the molecule is COc1ccc(C(CNC(=O)CCCc2ccc(F)cc2)N(C)C)cc1. The van der Waals surface area contributed by atoms with Crippen LogP contribution in [0, 0.1) is 5.82 Å². The number of nitrogens with one attached hydrogen (secondary N) is 1. The Labute approximate surface area is 155 Å². The molecular formula is C21H27FN2O2. The normalized spacial score (nSPS) is 12.0. The van der Waals surface area contributed by atoms with Gasteiger partial charge in [0.2, 0.25) is 5.91 Å². The van der Waals surface area contributed by atoms with Gasteiger partial charge >= 0.3 is 0 Å². The lowest BCUT2D eigenvalue weighted by atomic mass is 10.1. The lowest BCUT2D eigenvalue weighted by molar-refractivity contribution is -0.121. The minimum atomic E-state index is -0.236. The molecule has 2 aromatic rings. The van der Waals surface area contributed by atoms with Gasteiger partial charge in [0.1, 0.15) is 11.6 Å². The van der Waals surface area contributed by atoms with Crippen molar-refractivity contribution >= 4 is 5.91 Å². The van der Waals surface area contributed by atoms with E-state index in [-0.39, 0.29) is 17.8 Å². The predicted octanol–water partition coefficient (Wildman–Crippen LogP) is 3.58. The number of carbonyl (C=O) groups is 1. The van der Waals surface area contributed by atoms with Gasteiger partial charge in [0.25, 0.3) is 0 Å². The number of ether oxygens (including phenoxy) is 1. The topological polar surface area (TPSA) is 41.6 Å². The van der Waals surface area contributed by atoms with Gasteiger partial charge in [-0.2, -0.15) is 0 Å². The molecule has 4 nitrogen and oxygen atoms in total. The molecule has 0 spiro atoms. The Morgan fingerprint density at radius 2 is 1.77 bits per heavy atom. The number of benzene rings is 2. The molecule has 0 fully saturated rings. The average molecular weight is 358 g/mol. The van der Waals surface area contributed by atoms with E-state index in [0.29, 0.717) is 13.0 Å². The first-order chi connectivity index (χ1) is 12.5. The van der Waals surface area contributed by atoms with Crippen LogP contribution in [0.5, 0.6) is 5.75 Å². The molecule has 0 aliphatic carbocycles. The number of likely N-dealkylation sites (N-methyl/N-ethyl adjacent to an activating group) is 1. The number of hydrogen-bond donors (Lipinski definition) is 1. The molecule has 0 aliphatic heterocycles. The van der Waals surface area contributed by atoms with Crippen LogP contribution >= 0.6 is 0 Å². The summed E-state index contributed by atoms with van der Waals surface area (Å²) in [5, 5.41) is 3.01. The summed E-state index contributed by atoms with van der Waals surface area (Å²) in [6, 6.07) is 14.4. The van der Waals surface area contributed by atoms with Gasteiger partial charge in [-0.1, -0.05) is 24.3 Å². The van der Waals surface area contributed by atoms with Crippen molar-refractivity contribution in [3.8, 4) is 5.75 Å². The number of carbonyl (C=O) groups excluding carboxylic acids is 1. The van der Waals surface area contributed by atoms with E-state index in [1.54, 1.807) is 19.2 Å². The molecule has 0 saturated carbocycles. The maximum atomic E-state index is 12.9. The highest BCUT2D eigenvalue weighted by Crippen LogP contribution is 2.20. The monoisotopic (exact) mass is 358 g/mol. The fourth-order valence-electron chi connectivity index (χ4n) is 2.83. The van der Waals surface area contributed by atoms with Crippen LogP contribution in [0.3, 0.4) is 0 Å². The van der Waals surface area contributed by atoms with Crippen molar-refractivity contribution in [3.63, 3.8) is 0 Å². The summed E-state index contributed by atoms with van der Waals surface area (Å²) in [4.78, 5) is 14.2. The lowest BCUT2D eigenvalue weighted by Gasteiger charge is -2.25. The molecule has 26 heavy (non-hydrogen) atoms. The first-order valence-electron chi connectivity index (χ1n) is 8.81. The molecule has 0 bridgehead atoms. The van der Waals surface area contributed by atoms with Gasteiger partial charge in [0, 0.05) is 13.0 Å². The van der Waals surface area contributed by atoms with Crippen molar-refractivity contribution in [2.75, 3.05) is 27.7 Å². The zero-order chi connectivity index (χ0) is 18.9. The summed E-state index contributed by atoms with van der Waals surface area (Å²) in [6.07, 6.45) is 1.97. The standard InChI is InChI=1S/C21H27FN2O2/c1-24(2)20(17-9-13-19(26-3)14-10-17)15-23-21(25)6-4-5-16-7-11-18(22)12-8-16/h7-14,20H,4-6,15H2,1-3H3,(H,23,25). The van der Waals surface area contributed by atoms with Gasteiger partial charge in [-0.25, -0.2) is 4.39 Å². The second-order valence-corrected chi connectivity index (χ2v) is 6.54. The zero-order valence-corrected chi connectivity index (χ0v) is 15.7. The van der Waals surface area contributed by atoms with Gasteiger partial charge in [-0.05, 0) is 62.3 Å². The molecule has 1 amide bonds. The lowest BCUT2D eigenvalue weighted by Crippen LogP contribution is -2.34. The highest BCUT2D eigenvalue weighted by atomic mass is 19.1. The third kappa shape index (κ3) is 6.15. The molecule has 2 aromatic carbocycles.